The van der Waals surface area contributed by atoms with E-state index in [9.17, 15) is 4.79 Å². The molecule has 0 saturated heterocycles. The molecule has 0 unspecified atom stereocenters. The molecule has 2 nitrogen and oxygen atoms in total. The summed E-state index contributed by atoms with van der Waals surface area (Å²) in [6, 6.07) is 7.67. The fraction of sp³-hybridized carbons (Fsp3) is 0.462. The largest absolute Gasteiger partial charge is 0.349 e. The number of benzene rings is 1. The predicted molar refractivity (Wildman–Crippen MR) is 65.4 cm³/mol. The summed E-state index contributed by atoms with van der Waals surface area (Å²) in [4.78, 5) is 11.7. The van der Waals surface area contributed by atoms with Crippen LogP contribution in [0.3, 0.4) is 0 Å². The quantitative estimate of drug-likeness (QED) is 0.859. The molecule has 1 aliphatic carbocycles. The Labute approximate surface area is 101 Å². The van der Waals surface area contributed by atoms with Gasteiger partial charge in [0.25, 0.3) is 0 Å². The second kappa shape index (κ2) is 4.88. The number of rotatable bonds is 3. The number of nitrogens with one attached hydrogen (secondary N) is 1. The number of hydrogen-bond acceptors (Lipinski definition) is 1. The number of carbonyl (C=O) groups is 1. The average Bonchev–Trinajstić information content (AvgIpc) is 2.15. The van der Waals surface area contributed by atoms with Gasteiger partial charge in [-0.05, 0) is 37.5 Å². The molecule has 1 fully saturated rings. The topological polar surface area (TPSA) is 29.1 Å². The summed E-state index contributed by atoms with van der Waals surface area (Å²) in [5.41, 5.74) is 1.09. The van der Waals surface area contributed by atoms with E-state index in [1.54, 1.807) is 0 Å². The molecule has 0 bridgehead atoms. The van der Waals surface area contributed by atoms with Crippen molar-refractivity contribution in [1.82, 2.24) is 5.32 Å². The fourth-order valence-electron chi connectivity index (χ4n) is 1.84. The van der Waals surface area contributed by atoms with Crippen LogP contribution >= 0.6 is 11.6 Å². The maximum absolute atomic E-state index is 11.7. The summed E-state index contributed by atoms with van der Waals surface area (Å²) in [6.07, 6.45) is 3.27. The van der Waals surface area contributed by atoms with Gasteiger partial charge in [-0.15, -0.1) is 0 Å². The second-order valence-electron chi connectivity index (χ2n) is 4.41. The lowest BCUT2D eigenvalue weighted by molar-refractivity contribution is -0.128. The molecule has 1 N–H and O–H groups in total. The first-order valence-electron chi connectivity index (χ1n) is 5.72. The van der Waals surface area contributed by atoms with Gasteiger partial charge in [-0.1, -0.05) is 30.2 Å². The molecule has 0 aliphatic heterocycles. The van der Waals surface area contributed by atoms with E-state index in [4.69, 9.17) is 11.6 Å². The van der Waals surface area contributed by atoms with Crippen molar-refractivity contribution >= 4 is 17.5 Å². The zero-order chi connectivity index (χ0) is 11.5. The lowest BCUT2D eigenvalue weighted by Gasteiger charge is -2.26. The molecular weight excluding hydrogens is 222 g/mol. The molecule has 0 aromatic heterocycles. The third-order valence-electron chi connectivity index (χ3n) is 3.20. The summed E-state index contributed by atoms with van der Waals surface area (Å²) in [6.45, 7) is 2.00. The van der Waals surface area contributed by atoms with Gasteiger partial charge in [-0.2, -0.15) is 0 Å². The highest BCUT2D eigenvalue weighted by atomic mass is 35.5. The van der Waals surface area contributed by atoms with E-state index in [-0.39, 0.29) is 17.9 Å². The van der Waals surface area contributed by atoms with E-state index in [0.29, 0.717) is 0 Å². The molecule has 0 radical (unpaired) electrons. The Hall–Kier alpha value is -1.02. The van der Waals surface area contributed by atoms with Crippen molar-refractivity contribution in [3.05, 3.63) is 34.9 Å². The van der Waals surface area contributed by atoms with Gasteiger partial charge in [-0.3, -0.25) is 4.79 Å². The Morgan fingerprint density at radius 1 is 1.38 bits per heavy atom. The van der Waals surface area contributed by atoms with Gasteiger partial charge in [-0.25, -0.2) is 0 Å². The van der Waals surface area contributed by atoms with Crippen molar-refractivity contribution in [3.8, 4) is 0 Å². The predicted octanol–water partition coefficient (Wildman–Crippen LogP) is 3.32. The zero-order valence-electron chi connectivity index (χ0n) is 9.37. The Morgan fingerprint density at radius 2 is 2.00 bits per heavy atom. The summed E-state index contributed by atoms with van der Waals surface area (Å²) in [5.74, 6) is 0.434. The molecule has 2 rings (SSSR count). The minimum Gasteiger partial charge on any atom is -0.349 e. The molecule has 0 heterocycles. The summed E-state index contributed by atoms with van der Waals surface area (Å²) in [7, 11) is 0. The molecule has 1 aromatic carbocycles. The molecule has 16 heavy (non-hydrogen) atoms. The average molecular weight is 238 g/mol. The van der Waals surface area contributed by atoms with Crippen molar-refractivity contribution in [2.24, 2.45) is 5.92 Å². The summed E-state index contributed by atoms with van der Waals surface area (Å²) in [5, 5.41) is 3.76. The molecular formula is C13H16ClNO. The fourth-order valence-corrected chi connectivity index (χ4v) is 1.96. The van der Waals surface area contributed by atoms with Crippen LogP contribution in [0.2, 0.25) is 5.02 Å². The monoisotopic (exact) mass is 237 g/mol. The minimum absolute atomic E-state index is 0.0605. The minimum atomic E-state index is 0.0605. The van der Waals surface area contributed by atoms with Crippen LogP contribution in [0.5, 0.6) is 0 Å². The van der Waals surface area contributed by atoms with E-state index in [2.05, 4.69) is 5.32 Å². The van der Waals surface area contributed by atoms with Crippen molar-refractivity contribution in [2.45, 2.75) is 32.2 Å². The van der Waals surface area contributed by atoms with Crippen LogP contribution in [0, 0.1) is 5.92 Å². The van der Waals surface area contributed by atoms with Crippen LogP contribution < -0.4 is 5.32 Å². The lowest BCUT2D eigenvalue weighted by Crippen LogP contribution is -2.35. The van der Waals surface area contributed by atoms with Gasteiger partial charge in [0.1, 0.15) is 0 Å². The van der Waals surface area contributed by atoms with Crippen LogP contribution in [0.4, 0.5) is 0 Å². The maximum atomic E-state index is 11.7. The Bertz CT molecular complexity index is 370. The van der Waals surface area contributed by atoms with Gasteiger partial charge in [0.2, 0.25) is 5.91 Å². The van der Waals surface area contributed by atoms with E-state index in [0.717, 1.165) is 23.4 Å². The molecule has 86 valence electrons. The number of halogens is 1. The van der Waals surface area contributed by atoms with E-state index in [1.807, 2.05) is 31.2 Å². The van der Waals surface area contributed by atoms with E-state index < -0.39 is 0 Å². The highest BCUT2D eigenvalue weighted by Crippen LogP contribution is 2.27. The van der Waals surface area contributed by atoms with Crippen molar-refractivity contribution in [3.63, 3.8) is 0 Å². The summed E-state index contributed by atoms with van der Waals surface area (Å²) >= 11 is 5.82. The highest BCUT2D eigenvalue weighted by Gasteiger charge is 2.26. The second-order valence-corrected chi connectivity index (χ2v) is 4.85. The first-order chi connectivity index (χ1) is 7.66. The maximum Gasteiger partial charge on any atom is 0.223 e. The molecule has 1 amide bonds. The molecule has 3 heteroatoms. The Morgan fingerprint density at radius 3 is 2.50 bits per heavy atom. The van der Waals surface area contributed by atoms with Gasteiger partial charge < -0.3 is 5.32 Å². The zero-order valence-corrected chi connectivity index (χ0v) is 10.1. The van der Waals surface area contributed by atoms with Crippen LogP contribution in [0.1, 0.15) is 37.8 Å². The number of carbonyl (C=O) groups excluding carboxylic acids is 1. The molecule has 1 saturated carbocycles. The highest BCUT2D eigenvalue weighted by molar-refractivity contribution is 6.30. The molecule has 1 aromatic rings. The third kappa shape index (κ3) is 2.56. The Kier molecular flexibility index (Phi) is 3.49. The van der Waals surface area contributed by atoms with Gasteiger partial charge in [0.05, 0.1) is 6.04 Å². The van der Waals surface area contributed by atoms with Crippen LogP contribution in [-0.4, -0.2) is 5.91 Å². The number of hydrogen-bond donors (Lipinski definition) is 1. The summed E-state index contributed by atoms with van der Waals surface area (Å²) < 4.78 is 0. The van der Waals surface area contributed by atoms with Crippen LogP contribution in [0.25, 0.3) is 0 Å². The normalized spacial score (nSPS) is 17.6. The van der Waals surface area contributed by atoms with Crippen molar-refractivity contribution < 1.29 is 4.79 Å². The van der Waals surface area contributed by atoms with Crippen molar-refractivity contribution in [2.75, 3.05) is 0 Å². The molecule has 1 atom stereocenters. The third-order valence-corrected chi connectivity index (χ3v) is 3.46. The smallest absolute Gasteiger partial charge is 0.223 e. The van der Waals surface area contributed by atoms with E-state index in [1.165, 1.54) is 6.42 Å². The van der Waals surface area contributed by atoms with Crippen LogP contribution in [0.15, 0.2) is 24.3 Å². The molecule has 0 spiro atoms. The van der Waals surface area contributed by atoms with Gasteiger partial charge in [0.15, 0.2) is 0 Å². The number of amides is 1. The first kappa shape index (κ1) is 11.5. The van der Waals surface area contributed by atoms with Gasteiger partial charge in [0, 0.05) is 10.9 Å². The van der Waals surface area contributed by atoms with Crippen LogP contribution in [-0.2, 0) is 4.79 Å². The molecule has 1 aliphatic rings. The SMILES string of the molecule is C[C@H](NC(=O)C1CCC1)c1ccc(Cl)cc1. The van der Waals surface area contributed by atoms with Gasteiger partial charge >= 0.3 is 0 Å². The lowest BCUT2D eigenvalue weighted by atomic mass is 9.84. The standard InChI is InChI=1S/C13H16ClNO/c1-9(10-5-7-12(14)8-6-10)15-13(16)11-3-2-4-11/h5-9,11H,2-4H2,1H3,(H,15,16)/t9-/m0/s1. The van der Waals surface area contributed by atoms with Crippen molar-refractivity contribution in [1.29, 1.82) is 0 Å². The Balaban J connectivity index is 1.94. The van der Waals surface area contributed by atoms with E-state index >= 15 is 0 Å². The first-order valence-corrected chi connectivity index (χ1v) is 6.10.